The van der Waals surface area contributed by atoms with Crippen LogP contribution in [0, 0.1) is 11.3 Å². The number of alkyl halides is 3. The zero-order valence-corrected chi connectivity index (χ0v) is 8.78. The minimum absolute atomic E-state index is 0.106. The molecule has 1 atom stereocenters. The van der Waals surface area contributed by atoms with Crippen molar-refractivity contribution >= 4 is 6.29 Å². The van der Waals surface area contributed by atoms with E-state index in [1.54, 1.807) is 6.07 Å². The molecule has 1 rings (SSSR count). The smallest absolute Gasteiger partial charge is 0.425 e. The number of hydrogen-bond acceptors (Lipinski definition) is 3. The number of benzene rings is 1. The van der Waals surface area contributed by atoms with Gasteiger partial charge in [-0.05, 0) is 25.1 Å². The molecule has 17 heavy (non-hydrogen) atoms. The van der Waals surface area contributed by atoms with Crippen molar-refractivity contribution in [1.82, 2.24) is 0 Å². The van der Waals surface area contributed by atoms with E-state index in [0.717, 1.165) is 6.92 Å². The summed E-state index contributed by atoms with van der Waals surface area (Å²) in [6.45, 7) is 0.842. The van der Waals surface area contributed by atoms with Crippen LogP contribution in [0.1, 0.15) is 22.8 Å². The largest absolute Gasteiger partial charge is 0.480 e. The van der Waals surface area contributed by atoms with Crippen LogP contribution >= 0.6 is 0 Å². The van der Waals surface area contributed by atoms with Crippen LogP contribution in [-0.2, 0) is 0 Å². The molecule has 0 aromatic heterocycles. The molecule has 0 bridgehead atoms. The Morgan fingerprint density at radius 1 is 1.47 bits per heavy atom. The summed E-state index contributed by atoms with van der Waals surface area (Å²) in [7, 11) is 0. The normalized spacial score (nSPS) is 12.6. The third-order valence-corrected chi connectivity index (χ3v) is 2.02. The van der Waals surface area contributed by atoms with Crippen LogP contribution in [0.5, 0.6) is 5.75 Å². The molecular weight excluding hydrogens is 235 g/mol. The van der Waals surface area contributed by atoms with Crippen molar-refractivity contribution in [3.8, 4) is 11.8 Å². The number of halogens is 3. The summed E-state index contributed by atoms with van der Waals surface area (Å²) in [6.07, 6.45) is -6.02. The van der Waals surface area contributed by atoms with Gasteiger partial charge in [0.15, 0.2) is 6.10 Å². The maximum atomic E-state index is 12.3. The average molecular weight is 243 g/mol. The van der Waals surface area contributed by atoms with E-state index in [2.05, 4.69) is 4.74 Å². The lowest BCUT2D eigenvalue weighted by atomic mass is 10.1. The van der Waals surface area contributed by atoms with Crippen molar-refractivity contribution in [1.29, 1.82) is 5.26 Å². The quantitative estimate of drug-likeness (QED) is 0.767. The second-order valence-corrected chi connectivity index (χ2v) is 3.29. The van der Waals surface area contributed by atoms with Crippen LogP contribution in [0.4, 0.5) is 13.2 Å². The van der Waals surface area contributed by atoms with Crippen LogP contribution in [0.25, 0.3) is 0 Å². The van der Waals surface area contributed by atoms with Gasteiger partial charge in [0.05, 0.1) is 5.56 Å². The Bertz CT molecular complexity index is 463. The van der Waals surface area contributed by atoms with Crippen LogP contribution in [-0.4, -0.2) is 18.6 Å². The first kappa shape index (κ1) is 13.0. The molecule has 0 aliphatic carbocycles. The van der Waals surface area contributed by atoms with Gasteiger partial charge < -0.3 is 4.74 Å². The van der Waals surface area contributed by atoms with Gasteiger partial charge in [-0.2, -0.15) is 18.4 Å². The first-order valence-corrected chi connectivity index (χ1v) is 4.61. The first-order chi connectivity index (χ1) is 7.88. The molecule has 0 aliphatic heterocycles. The van der Waals surface area contributed by atoms with Crippen LogP contribution in [0.15, 0.2) is 18.2 Å². The molecule has 0 saturated carbocycles. The van der Waals surface area contributed by atoms with Gasteiger partial charge in [0.25, 0.3) is 0 Å². The highest BCUT2D eigenvalue weighted by atomic mass is 19.4. The van der Waals surface area contributed by atoms with E-state index < -0.39 is 12.3 Å². The fourth-order valence-electron chi connectivity index (χ4n) is 1.07. The third-order valence-electron chi connectivity index (χ3n) is 2.02. The molecular formula is C11H8F3NO2. The SMILES string of the molecule is CC(Oc1ccc(C=O)cc1C#N)C(F)(F)F. The molecule has 1 unspecified atom stereocenters. The van der Waals surface area contributed by atoms with Gasteiger partial charge in [-0.1, -0.05) is 0 Å². The van der Waals surface area contributed by atoms with Gasteiger partial charge in [-0.3, -0.25) is 4.79 Å². The second-order valence-electron chi connectivity index (χ2n) is 3.29. The zero-order chi connectivity index (χ0) is 13.1. The first-order valence-electron chi connectivity index (χ1n) is 4.61. The summed E-state index contributed by atoms with van der Waals surface area (Å²) < 4.78 is 41.4. The number of nitriles is 1. The van der Waals surface area contributed by atoms with Crippen molar-refractivity contribution in [2.75, 3.05) is 0 Å². The number of carbonyl (C=O) groups excluding carboxylic acids is 1. The number of rotatable bonds is 3. The third kappa shape index (κ3) is 3.21. The van der Waals surface area contributed by atoms with Crippen LogP contribution in [0.3, 0.4) is 0 Å². The molecule has 3 nitrogen and oxygen atoms in total. The van der Waals surface area contributed by atoms with Crippen molar-refractivity contribution < 1.29 is 22.7 Å². The average Bonchev–Trinajstić information content (AvgIpc) is 2.28. The Labute approximate surface area is 95.4 Å². The molecule has 0 saturated heterocycles. The van der Waals surface area contributed by atoms with Gasteiger partial charge in [-0.25, -0.2) is 0 Å². The van der Waals surface area contributed by atoms with Gasteiger partial charge in [0.1, 0.15) is 18.1 Å². The molecule has 0 heterocycles. The van der Waals surface area contributed by atoms with E-state index in [1.807, 2.05) is 0 Å². The summed E-state index contributed by atoms with van der Waals surface area (Å²) in [4.78, 5) is 10.4. The van der Waals surface area contributed by atoms with E-state index in [-0.39, 0.29) is 16.9 Å². The van der Waals surface area contributed by atoms with Gasteiger partial charge in [-0.15, -0.1) is 0 Å². The van der Waals surface area contributed by atoms with E-state index in [0.29, 0.717) is 6.29 Å². The van der Waals surface area contributed by atoms with Crippen molar-refractivity contribution in [3.63, 3.8) is 0 Å². The Morgan fingerprint density at radius 2 is 2.12 bits per heavy atom. The summed E-state index contributed by atoms with van der Waals surface area (Å²) in [5.41, 5.74) is 0.0965. The minimum Gasteiger partial charge on any atom is -0.480 e. The number of hydrogen-bond donors (Lipinski definition) is 0. The fraction of sp³-hybridized carbons (Fsp3) is 0.273. The lowest BCUT2D eigenvalue weighted by Gasteiger charge is -2.18. The fourth-order valence-corrected chi connectivity index (χ4v) is 1.07. The van der Waals surface area contributed by atoms with Gasteiger partial charge >= 0.3 is 6.18 Å². The van der Waals surface area contributed by atoms with Crippen LogP contribution in [0.2, 0.25) is 0 Å². The molecule has 6 heteroatoms. The number of aldehydes is 1. The van der Waals surface area contributed by atoms with Crippen molar-refractivity contribution in [2.45, 2.75) is 19.2 Å². The maximum Gasteiger partial charge on any atom is 0.425 e. The number of nitrogens with zero attached hydrogens (tertiary/aromatic N) is 1. The Kier molecular flexibility index (Phi) is 3.73. The molecule has 0 aliphatic rings. The van der Waals surface area contributed by atoms with E-state index in [9.17, 15) is 18.0 Å². The lowest BCUT2D eigenvalue weighted by Crippen LogP contribution is -2.31. The molecule has 0 amide bonds. The number of ether oxygens (including phenoxy) is 1. The summed E-state index contributed by atoms with van der Waals surface area (Å²) in [6, 6.07) is 5.30. The Morgan fingerprint density at radius 3 is 2.59 bits per heavy atom. The predicted octanol–water partition coefficient (Wildman–Crippen LogP) is 2.70. The second kappa shape index (κ2) is 4.87. The molecule has 1 aromatic carbocycles. The topological polar surface area (TPSA) is 50.1 Å². The standard InChI is InChI=1S/C11H8F3NO2/c1-7(11(12,13)14)17-10-3-2-8(6-16)4-9(10)5-15/h2-4,6-7H,1H3. The predicted molar refractivity (Wildman–Crippen MR) is 52.7 cm³/mol. The highest BCUT2D eigenvalue weighted by Gasteiger charge is 2.38. The lowest BCUT2D eigenvalue weighted by molar-refractivity contribution is -0.189. The summed E-state index contributed by atoms with van der Waals surface area (Å²) in [5, 5.41) is 8.73. The van der Waals surface area contributed by atoms with E-state index in [1.165, 1.54) is 18.2 Å². The molecule has 90 valence electrons. The molecule has 0 radical (unpaired) electrons. The monoisotopic (exact) mass is 243 g/mol. The molecule has 1 aromatic rings. The number of carbonyl (C=O) groups is 1. The zero-order valence-electron chi connectivity index (χ0n) is 8.78. The molecule has 0 spiro atoms. The maximum absolute atomic E-state index is 12.3. The molecule has 0 fully saturated rings. The molecule has 0 N–H and O–H groups in total. The van der Waals surface area contributed by atoms with Crippen molar-refractivity contribution in [3.05, 3.63) is 29.3 Å². The van der Waals surface area contributed by atoms with Crippen LogP contribution < -0.4 is 4.74 Å². The summed E-state index contributed by atoms with van der Waals surface area (Å²) in [5.74, 6) is -0.192. The Hall–Kier alpha value is -2.03. The van der Waals surface area contributed by atoms with Gasteiger partial charge in [0, 0.05) is 5.56 Å². The minimum atomic E-state index is -4.50. The highest BCUT2D eigenvalue weighted by molar-refractivity contribution is 5.76. The highest BCUT2D eigenvalue weighted by Crippen LogP contribution is 2.27. The van der Waals surface area contributed by atoms with Crippen molar-refractivity contribution in [2.24, 2.45) is 0 Å². The van der Waals surface area contributed by atoms with E-state index >= 15 is 0 Å². The van der Waals surface area contributed by atoms with Gasteiger partial charge in [0.2, 0.25) is 0 Å². The van der Waals surface area contributed by atoms with E-state index in [4.69, 9.17) is 5.26 Å². The summed E-state index contributed by atoms with van der Waals surface area (Å²) >= 11 is 0. The Balaban J connectivity index is 3.00.